The van der Waals surface area contributed by atoms with E-state index in [9.17, 15) is 4.79 Å². The number of anilines is 1. The van der Waals surface area contributed by atoms with Crippen molar-refractivity contribution < 1.29 is 4.79 Å². The van der Waals surface area contributed by atoms with Crippen LogP contribution in [0.25, 0.3) is 0 Å². The van der Waals surface area contributed by atoms with Gasteiger partial charge in [-0.25, -0.2) is 0 Å². The minimum Gasteiger partial charge on any atom is -0.330 e. The summed E-state index contributed by atoms with van der Waals surface area (Å²) < 4.78 is 0.978. The number of nitrogens with zero attached hydrogens (tertiary/aromatic N) is 1. The molecule has 2 N–H and O–H groups in total. The fraction of sp³-hybridized carbons (Fsp3) is 0.533. The van der Waals surface area contributed by atoms with Gasteiger partial charge >= 0.3 is 0 Å². The predicted octanol–water partition coefficient (Wildman–Crippen LogP) is 3.06. The van der Waals surface area contributed by atoms with Crippen LogP contribution in [0.15, 0.2) is 22.7 Å². The monoisotopic (exact) mass is 324 g/mol. The zero-order chi connectivity index (χ0) is 14.2. The van der Waals surface area contributed by atoms with E-state index in [0.29, 0.717) is 13.0 Å². The number of hydrogen-bond donors (Lipinski definition) is 1. The molecule has 1 amide bonds. The van der Waals surface area contributed by atoms with E-state index >= 15 is 0 Å². The third kappa shape index (κ3) is 3.00. The summed E-state index contributed by atoms with van der Waals surface area (Å²) in [6.07, 6.45) is 0.559. The van der Waals surface area contributed by atoms with Crippen LogP contribution in [0.5, 0.6) is 0 Å². The second-order valence-electron chi connectivity index (χ2n) is 6.23. The molecule has 19 heavy (non-hydrogen) atoms. The van der Waals surface area contributed by atoms with Gasteiger partial charge in [-0.2, -0.15) is 0 Å². The number of nitrogens with two attached hydrogens (primary N) is 1. The van der Waals surface area contributed by atoms with Crippen molar-refractivity contribution in [2.24, 2.45) is 11.7 Å². The molecule has 0 saturated carbocycles. The second kappa shape index (κ2) is 5.25. The molecule has 1 unspecified atom stereocenters. The van der Waals surface area contributed by atoms with Gasteiger partial charge in [0.25, 0.3) is 0 Å². The van der Waals surface area contributed by atoms with Gasteiger partial charge in [0.05, 0.1) is 5.69 Å². The highest BCUT2D eigenvalue weighted by atomic mass is 79.9. The Kier molecular flexibility index (Phi) is 4.02. The van der Waals surface area contributed by atoms with Crippen LogP contribution in [0.3, 0.4) is 0 Å². The largest absolute Gasteiger partial charge is 0.330 e. The summed E-state index contributed by atoms with van der Waals surface area (Å²) in [5.74, 6) is 0.446. The lowest BCUT2D eigenvalue weighted by Crippen LogP contribution is -2.26. The van der Waals surface area contributed by atoms with Crippen molar-refractivity contribution >= 4 is 27.5 Å². The Morgan fingerprint density at radius 1 is 1.42 bits per heavy atom. The van der Waals surface area contributed by atoms with E-state index in [1.165, 1.54) is 5.56 Å². The summed E-state index contributed by atoms with van der Waals surface area (Å²) in [5, 5.41) is 0. The molecular formula is C15H21BrN2O. The Morgan fingerprint density at radius 3 is 2.58 bits per heavy atom. The lowest BCUT2D eigenvalue weighted by molar-refractivity contribution is -0.117. The molecule has 3 nitrogen and oxygen atoms in total. The van der Waals surface area contributed by atoms with E-state index in [-0.39, 0.29) is 17.2 Å². The number of rotatable bonds is 2. The molecule has 104 valence electrons. The summed E-state index contributed by atoms with van der Waals surface area (Å²) in [7, 11) is 0. The Labute approximate surface area is 123 Å². The number of benzene rings is 1. The van der Waals surface area contributed by atoms with Crippen LogP contribution in [0.2, 0.25) is 0 Å². The van der Waals surface area contributed by atoms with Crippen LogP contribution in [-0.4, -0.2) is 19.0 Å². The molecule has 0 aliphatic carbocycles. The van der Waals surface area contributed by atoms with Gasteiger partial charge in [-0.15, -0.1) is 0 Å². The standard InChI is InChI=1S/C15H21BrN2O/c1-15(2,3)11-4-5-13(12(16)7-11)18-9-10(8-17)6-14(18)19/h4-5,7,10H,6,8-9,17H2,1-3H3. The lowest BCUT2D eigenvalue weighted by Gasteiger charge is -2.23. The maximum Gasteiger partial charge on any atom is 0.227 e. The van der Waals surface area contributed by atoms with Crippen molar-refractivity contribution in [1.82, 2.24) is 0 Å². The smallest absolute Gasteiger partial charge is 0.227 e. The number of carbonyl (C=O) groups is 1. The first-order valence-electron chi connectivity index (χ1n) is 6.63. The molecule has 0 radical (unpaired) electrons. The third-order valence-corrected chi connectivity index (χ3v) is 4.28. The zero-order valence-electron chi connectivity index (χ0n) is 11.7. The molecule has 1 aromatic rings. The van der Waals surface area contributed by atoms with Crippen molar-refractivity contribution in [2.75, 3.05) is 18.0 Å². The van der Waals surface area contributed by atoms with Crippen molar-refractivity contribution in [1.29, 1.82) is 0 Å². The van der Waals surface area contributed by atoms with E-state index < -0.39 is 0 Å². The summed E-state index contributed by atoms with van der Waals surface area (Å²) in [6.45, 7) is 7.84. The molecule has 1 saturated heterocycles. The molecule has 1 atom stereocenters. The van der Waals surface area contributed by atoms with E-state index in [0.717, 1.165) is 16.7 Å². The number of amides is 1. The minimum atomic E-state index is 0.107. The number of halogens is 1. The maximum atomic E-state index is 12.0. The molecule has 2 rings (SSSR count). The molecule has 1 fully saturated rings. The fourth-order valence-corrected chi connectivity index (χ4v) is 2.96. The lowest BCUT2D eigenvalue weighted by atomic mass is 9.87. The van der Waals surface area contributed by atoms with Crippen LogP contribution in [0.4, 0.5) is 5.69 Å². The highest BCUT2D eigenvalue weighted by molar-refractivity contribution is 9.10. The van der Waals surface area contributed by atoms with Gasteiger partial charge in [0, 0.05) is 17.4 Å². The fourth-order valence-electron chi connectivity index (χ4n) is 2.36. The summed E-state index contributed by atoms with van der Waals surface area (Å²) in [5.41, 5.74) is 7.98. The van der Waals surface area contributed by atoms with Gasteiger partial charge in [-0.05, 0) is 51.5 Å². The predicted molar refractivity (Wildman–Crippen MR) is 82.4 cm³/mol. The van der Waals surface area contributed by atoms with Gasteiger partial charge < -0.3 is 10.6 Å². The molecule has 0 spiro atoms. The second-order valence-corrected chi connectivity index (χ2v) is 7.08. The van der Waals surface area contributed by atoms with Crippen molar-refractivity contribution in [3.63, 3.8) is 0 Å². The quantitative estimate of drug-likeness (QED) is 0.908. The van der Waals surface area contributed by atoms with Gasteiger partial charge in [-0.3, -0.25) is 4.79 Å². The highest BCUT2D eigenvalue weighted by Gasteiger charge is 2.31. The van der Waals surface area contributed by atoms with Crippen molar-refractivity contribution in [2.45, 2.75) is 32.6 Å². The normalized spacial score (nSPS) is 20.2. The number of carbonyl (C=O) groups excluding carboxylic acids is 1. The van der Waals surface area contributed by atoms with Crippen molar-refractivity contribution in [3.05, 3.63) is 28.2 Å². The first-order valence-corrected chi connectivity index (χ1v) is 7.42. The molecule has 1 aliphatic heterocycles. The van der Waals surface area contributed by atoms with Gasteiger partial charge in [0.15, 0.2) is 0 Å². The van der Waals surface area contributed by atoms with Gasteiger partial charge in [0.1, 0.15) is 0 Å². The molecule has 1 heterocycles. The van der Waals surface area contributed by atoms with E-state index in [1.807, 2.05) is 11.0 Å². The molecule has 1 aliphatic rings. The van der Waals surface area contributed by atoms with Gasteiger partial charge in [0.2, 0.25) is 5.91 Å². The summed E-state index contributed by atoms with van der Waals surface area (Å²) in [6, 6.07) is 6.24. The Bertz CT molecular complexity index is 493. The van der Waals surface area contributed by atoms with E-state index in [1.54, 1.807) is 0 Å². The van der Waals surface area contributed by atoms with Crippen LogP contribution >= 0.6 is 15.9 Å². The van der Waals surface area contributed by atoms with E-state index in [2.05, 4.69) is 48.8 Å². The van der Waals surface area contributed by atoms with Gasteiger partial charge in [-0.1, -0.05) is 26.8 Å². The highest BCUT2D eigenvalue weighted by Crippen LogP contribution is 2.34. The van der Waals surface area contributed by atoms with E-state index in [4.69, 9.17) is 5.73 Å². The molecule has 0 bridgehead atoms. The third-order valence-electron chi connectivity index (χ3n) is 3.64. The van der Waals surface area contributed by atoms with Crippen LogP contribution in [-0.2, 0) is 10.2 Å². The van der Waals surface area contributed by atoms with Crippen LogP contribution in [0, 0.1) is 5.92 Å². The Balaban J connectivity index is 2.30. The molecular weight excluding hydrogens is 304 g/mol. The maximum absolute atomic E-state index is 12.0. The SMILES string of the molecule is CC(C)(C)c1ccc(N2CC(CN)CC2=O)c(Br)c1. The number of hydrogen-bond acceptors (Lipinski definition) is 2. The topological polar surface area (TPSA) is 46.3 Å². The van der Waals surface area contributed by atoms with Crippen LogP contribution in [0.1, 0.15) is 32.8 Å². The Morgan fingerprint density at radius 2 is 2.11 bits per heavy atom. The first kappa shape index (κ1) is 14.5. The summed E-state index contributed by atoms with van der Waals surface area (Å²) in [4.78, 5) is 13.9. The molecule has 0 aromatic heterocycles. The molecule has 1 aromatic carbocycles. The minimum absolute atomic E-state index is 0.107. The van der Waals surface area contributed by atoms with Crippen LogP contribution < -0.4 is 10.6 Å². The zero-order valence-corrected chi connectivity index (χ0v) is 13.3. The average Bonchev–Trinajstić information content (AvgIpc) is 2.69. The average molecular weight is 325 g/mol. The first-order chi connectivity index (χ1) is 8.82. The Hall–Kier alpha value is -0.870. The van der Waals surface area contributed by atoms with Crippen molar-refractivity contribution in [3.8, 4) is 0 Å². The summed E-state index contributed by atoms with van der Waals surface area (Å²) >= 11 is 3.59. The molecule has 4 heteroatoms.